The maximum atomic E-state index is 12.3. The van der Waals surface area contributed by atoms with Gasteiger partial charge in [-0.2, -0.15) is 0 Å². The van der Waals surface area contributed by atoms with E-state index in [1.54, 1.807) is 6.08 Å². The Labute approximate surface area is 282 Å². The van der Waals surface area contributed by atoms with E-state index in [2.05, 4.69) is 19.2 Å². The number of carbonyl (C=O) groups excluding carboxylic acids is 1. The number of unbranched alkanes of at least 4 members (excludes halogenated alkanes) is 30. The standard InChI is InChI=1S/C41H81NO3/c1-3-5-7-9-11-13-14-15-16-17-18-19-20-21-22-23-24-25-26-27-29-31-33-35-37-41(45)42-39(38-43)40(44)36-34-32-30-28-12-10-8-6-4-2/h34,36,39-40,43-44H,3-33,35,37-38H2,1-2H3,(H,42,45)/b36-34+. The molecule has 2 atom stereocenters. The highest BCUT2D eigenvalue weighted by Crippen LogP contribution is 2.16. The number of aliphatic hydroxyl groups is 2. The van der Waals surface area contributed by atoms with Crippen molar-refractivity contribution in [1.82, 2.24) is 5.32 Å². The third-order valence-electron chi connectivity index (χ3n) is 9.52. The largest absolute Gasteiger partial charge is 0.394 e. The van der Waals surface area contributed by atoms with Crippen LogP contribution in [-0.4, -0.2) is 34.9 Å². The SMILES string of the molecule is CCCCCCCCC/C=C/C(O)C(CO)NC(=O)CCCCCCCCCCCCCCCCCCCCCCCCCC. The maximum Gasteiger partial charge on any atom is 0.220 e. The van der Waals surface area contributed by atoms with E-state index in [1.165, 1.54) is 180 Å². The van der Waals surface area contributed by atoms with Crippen LogP contribution in [0, 0.1) is 0 Å². The van der Waals surface area contributed by atoms with Crippen LogP contribution in [0.15, 0.2) is 12.2 Å². The van der Waals surface area contributed by atoms with Crippen LogP contribution in [0.4, 0.5) is 0 Å². The maximum absolute atomic E-state index is 12.3. The number of amides is 1. The summed E-state index contributed by atoms with van der Waals surface area (Å²) < 4.78 is 0. The first kappa shape index (κ1) is 44.1. The highest BCUT2D eigenvalue weighted by atomic mass is 16.3. The zero-order valence-corrected chi connectivity index (χ0v) is 30.7. The minimum Gasteiger partial charge on any atom is -0.394 e. The van der Waals surface area contributed by atoms with Crippen molar-refractivity contribution in [3.63, 3.8) is 0 Å². The molecule has 0 aliphatic carbocycles. The third-order valence-corrected chi connectivity index (χ3v) is 9.52. The Kier molecular flexibility index (Phi) is 36.9. The van der Waals surface area contributed by atoms with Gasteiger partial charge in [-0.05, 0) is 19.3 Å². The molecule has 45 heavy (non-hydrogen) atoms. The fraction of sp³-hybridized carbons (Fsp3) is 0.927. The second-order valence-corrected chi connectivity index (χ2v) is 14.1. The van der Waals surface area contributed by atoms with Crippen molar-refractivity contribution >= 4 is 5.91 Å². The lowest BCUT2D eigenvalue weighted by molar-refractivity contribution is -0.123. The van der Waals surface area contributed by atoms with E-state index in [1.807, 2.05) is 6.08 Å². The highest BCUT2D eigenvalue weighted by molar-refractivity contribution is 5.76. The van der Waals surface area contributed by atoms with Crippen LogP contribution in [0.5, 0.6) is 0 Å². The molecule has 1 amide bonds. The Morgan fingerprint density at radius 3 is 1.16 bits per heavy atom. The number of hydrogen-bond donors (Lipinski definition) is 3. The van der Waals surface area contributed by atoms with Crippen LogP contribution in [-0.2, 0) is 4.79 Å². The van der Waals surface area contributed by atoms with Crippen LogP contribution in [0.2, 0.25) is 0 Å². The quantitative estimate of drug-likeness (QED) is 0.0470. The fourth-order valence-electron chi connectivity index (χ4n) is 6.35. The molecule has 268 valence electrons. The molecule has 0 rings (SSSR count). The second kappa shape index (κ2) is 37.6. The second-order valence-electron chi connectivity index (χ2n) is 14.1. The smallest absolute Gasteiger partial charge is 0.220 e. The zero-order valence-electron chi connectivity index (χ0n) is 30.7. The molecule has 0 aliphatic heterocycles. The monoisotopic (exact) mass is 636 g/mol. The Hall–Kier alpha value is -0.870. The topological polar surface area (TPSA) is 69.6 Å². The van der Waals surface area contributed by atoms with Gasteiger partial charge in [0.25, 0.3) is 0 Å². The molecule has 4 nitrogen and oxygen atoms in total. The fourth-order valence-corrected chi connectivity index (χ4v) is 6.35. The Morgan fingerprint density at radius 2 is 0.822 bits per heavy atom. The molecular weight excluding hydrogens is 554 g/mol. The number of carbonyl (C=O) groups is 1. The lowest BCUT2D eigenvalue weighted by Gasteiger charge is -2.20. The summed E-state index contributed by atoms with van der Waals surface area (Å²) in [7, 11) is 0. The number of aliphatic hydroxyl groups excluding tert-OH is 2. The number of hydrogen-bond acceptors (Lipinski definition) is 3. The molecule has 4 heteroatoms. The predicted octanol–water partition coefficient (Wildman–Crippen LogP) is 12.3. The molecule has 0 heterocycles. The van der Waals surface area contributed by atoms with E-state index in [0.29, 0.717) is 6.42 Å². The van der Waals surface area contributed by atoms with Crippen molar-refractivity contribution in [2.24, 2.45) is 0 Å². The van der Waals surface area contributed by atoms with Gasteiger partial charge in [-0.3, -0.25) is 4.79 Å². The molecule has 0 spiro atoms. The van der Waals surface area contributed by atoms with Crippen LogP contribution in [0.25, 0.3) is 0 Å². The van der Waals surface area contributed by atoms with Crippen LogP contribution < -0.4 is 5.32 Å². The van der Waals surface area contributed by atoms with Crippen LogP contribution in [0.3, 0.4) is 0 Å². The lowest BCUT2D eigenvalue weighted by atomic mass is 10.0. The van der Waals surface area contributed by atoms with Gasteiger partial charge in [0.15, 0.2) is 0 Å². The average Bonchev–Trinajstić information content (AvgIpc) is 3.04. The highest BCUT2D eigenvalue weighted by Gasteiger charge is 2.17. The van der Waals surface area contributed by atoms with Crippen molar-refractivity contribution in [3.05, 3.63) is 12.2 Å². The molecule has 0 radical (unpaired) electrons. The van der Waals surface area contributed by atoms with Gasteiger partial charge in [-0.15, -0.1) is 0 Å². The Balaban J connectivity index is 3.44. The number of nitrogens with one attached hydrogen (secondary N) is 1. The summed E-state index contributed by atoms with van der Waals surface area (Å²) in [6.07, 6.45) is 46.1. The molecule has 2 unspecified atom stereocenters. The van der Waals surface area contributed by atoms with Gasteiger partial charge in [0, 0.05) is 6.42 Å². The summed E-state index contributed by atoms with van der Waals surface area (Å²) in [5, 5.41) is 22.8. The van der Waals surface area contributed by atoms with Crippen molar-refractivity contribution in [3.8, 4) is 0 Å². The van der Waals surface area contributed by atoms with Gasteiger partial charge in [-0.1, -0.05) is 212 Å². The molecule has 0 aromatic rings. The molecule has 0 aliphatic rings. The molecule has 0 aromatic heterocycles. The van der Waals surface area contributed by atoms with E-state index in [-0.39, 0.29) is 12.5 Å². The minimum absolute atomic E-state index is 0.0626. The summed E-state index contributed by atoms with van der Waals surface area (Å²) in [4.78, 5) is 12.3. The minimum atomic E-state index is -0.831. The van der Waals surface area contributed by atoms with Gasteiger partial charge < -0.3 is 15.5 Å². The summed E-state index contributed by atoms with van der Waals surface area (Å²) in [5.41, 5.74) is 0. The van der Waals surface area contributed by atoms with Crippen LogP contribution in [0.1, 0.15) is 226 Å². The molecule has 0 saturated carbocycles. The number of rotatable bonds is 37. The zero-order chi connectivity index (χ0) is 32.9. The van der Waals surface area contributed by atoms with E-state index < -0.39 is 12.1 Å². The normalized spacial score (nSPS) is 13.1. The first-order valence-electron chi connectivity index (χ1n) is 20.4. The van der Waals surface area contributed by atoms with Crippen LogP contribution >= 0.6 is 0 Å². The van der Waals surface area contributed by atoms with Gasteiger partial charge in [0.2, 0.25) is 5.91 Å². The van der Waals surface area contributed by atoms with Crippen molar-refractivity contribution in [1.29, 1.82) is 0 Å². The Bertz CT molecular complexity index is 608. The number of allylic oxidation sites excluding steroid dienone is 1. The molecule has 0 saturated heterocycles. The van der Waals surface area contributed by atoms with Crippen molar-refractivity contribution in [2.75, 3.05) is 6.61 Å². The lowest BCUT2D eigenvalue weighted by Crippen LogP contribution is -2.45. The van der Waals surface area contributed by atoms with Crippen molar-refractivity contribution < 1.29 is 15.0 Å². The predicted molar refractivity (Wildman–Crippen MR) is 198 cm³/mol. The molecule has 0 fully saturated rings. The van der Waals surface area contributed by atoms with Gasteiger partial charge in [-0.25, -0.2) is 0 Å². The first-order valence-corrected chi connectivity index (χ1v) is 20.4. The van der Waals surface area contributed by atoms with Crippen molar-refractivity contribution in [2.45, 2.75) is 238 Å². The van der Waals surface area contributed by atoms with Gasteiger partial charge >= 0.3 is 0 Å². The van der Waals surface area contributed by atoms with Gasteiger partial charge in [0.05, 0.1) is 18.8 Å². The van der Waals surface area contributed by atoms with E-state index in [0.717, 1.165) is 25.7 Å². The van der Waals surface area contributed by atoms with E-state index in [9.17, 15) is 15.0 Å². The summed E-state index contributed by atoms with van der Waals surface area (Å²) in [6.45, 7) is 4.29. The Morgan fingerprint density at radius 1 is 0.511 bits per heavy atom. The molecular formula is C41H81NO3. The summed E-state index contributed by atoms with van der Waals surface area (Å²) in [5.74, 6) is -0.0626. The molecule has 0 aromatic carbocycles. The molecule has 0 bridgehead atoms. The van der Waals surface area contributed by atoms with Gasteiger partial charge in [0.1, 0.15) is 0 Å². The summed E-state index contributed by atoms with van der Waals surface area (Å²) >= 11 is 0. The molecule has 3 N–H and O–H groups in total. The average molecular weight is 636 g/mol. The summed E-state index contributed by atoms with van der Waals surface area (Å²) in [6, 6.07) is -0.614. The third kappa shape index (κ3) is 34.3. The van der Waals surface area contributed by atoms with E-state index >= 15 is 0 Å². The van der Waals surface area contributed by atoms with E-state index in [4.69, 9.17) is 0 Å². The first-order chi connectivity index (χ1) is 22.2.